The zero-order valence-electron chi connectivity index (χ0n) is 10.8. The van der Waals surface area contributed by atoms with Gasteiger partial charge < -0.3 is 0 Å². The Balaban J connectivity index is -0.0000000667. The van der Waals surface area contributed by atoms with Gasteiger partial charge in [0.2, 0.25) is 0 Å². The van der Waals surface area contributed by atoms with E-state index in [9.17, 15) is 18.1 Å². The van der Waals surface area contributed by atoms with Crippen molar-refractivity contribution in [2.24, 2.45) is 0 Å². The topological polar surface area (TPSA) is 36.9 Å². The predicted molar refractivity (Wildman–Crippen MR) is 59.8 cm³/mol. The summed E-state index contributed by atoms with van der Waals surface area (Å²) in [6.07, 6.45) is 0. The molecule has 0 aromatic rings. The highest BCUT2D eigenvalue weighted by Gasteiger charge is 1.84. The van der Waals surface area contributed by atoms with E-state index in [-0.39, 0.29) is 25.5 Å². The largest absolute Gasteiger partial charge is 0.196 e. The predicted octanol–water partition coefficient (Wildman–Crippen LogP) is 2.32. The molecule has 0 aromatic heterocycles. The van der Waals surface area contributed by atoms with Crippen LogP contribution in [0.25, 0.3) is 0 Å². The van der Waals surface area contributed by atoms with E-state index in [1.165, 1.54) is 0 Å². The van der Waals surface area contributed by atoms with Gasteiger partial charge in [0.05, 0.1) is 25.5 Å². The Morgan fingerprint density at radius 1 is 0.824 bits per heavy atom. The Labute approximate surface area is 102 Å². The van der Waals surface area contributed by atoms with Crippen molar-refractivity contribution in [2.45, 2.75) is 33.4 Å². The lowest BCUT2D eigenvalue weighted by Gasteiger charge is -1.87. The highest BCUT2D eigenvalue weighted by Crippen LogP contribution is 1.78. The van der Waals surface area contributed by atoms with Gasteiger partial charge in [-0.25, -0.2) is 0 Å². The first kappa shape index (κ1) is 25.6. The van der Waals surface area contributed by atoms with Crippen LogP contribution in [0.5, 0.6) is 0 Å². The highest BCUT2D eigenvalue weighted by atomic mass is 28.1. The lowest BCUT2D eigenvalue weighted by Crippen LogP contribution is -1.97. The Kier molecular flexibility index (Phi) is 54.2. The maximum atomic E-state index is 10.7. The van der Waals surface area contributed by atoms with Gasteiger partial charge in [0.25, 0.3) is 0 Å². The summed E-state index contributed by atoms with van der Waals surface area (Å²) in [7, 11) is 0.772. The molecule has 0 saturated heterocycles. The van der Waals surface area contributed by atoms with Gasteiger partial charge in [-0.05, 0) is 45.8 Å². The molecule has 0 aliphatic rings. The first-order valence-electron chi connectivity index (χ1n) is 4.99. The van der Waals surface area contributed by atoms with E-state index in [0.717, 1.165) is 10.2 Å². The number of rotatable bonds is 4. The monoisotopic (exact) mass is 286 g/mol. The van der Waals surface area contributed by atoms with Crippen LogP contribution in [0.15, 0.2) is 0 Å². The van der Waals surface area contributed by atoms with Gasteiger partial charge >= 0.3 is 0 Å². The van der Waals surface area contributed by atoms with Gasteiger partial charge in [0.1, 0.15) is 0 Å². The van der Waals surface area contributed by atoms with Crippen molar-refractivity contribution in [1.82, 2.24) is 0 Å². The van der Waals surface area contributed by atoms with Crippen molar-refractivity contribution in [3.63, 3.8) is 0 Å². The van der Waals surface area contributed by atoms with Gasteiger partial charge in [0.15, 0.2) is 0 Å². The smallest absolute Gasteiger partial charge is 0.0848 e. The number of halogens is 4. The van der Waals surface area contributed by atoms with Gasteiger partial charge in [-0.3, -0.25) is 0 Å². The van der Waals surface area contributed by atoms with Gasteiger partial charge in [-0.15, -0.1) is 0 Å². The molecular weight excluding hydrogens is 264 g/mol. The fraction of sp³-hybridized carbons (Fsp3) is 1.00. The fourth-order valence-electron chi connectivity index (χ4n) is 0. The zero-order valence-corrected chi connectivity index (χ0v) is 12.8. The third-order valence-corrected chi connectivity index (χ3v) is 0.684. The molecule has 0 amide bonds. The molecule has 0 fully saturated rings. The molecule has 1 atom stereocenters. The summed E-state index contributed by atoms with van der Waals surface area (Å²) < 4.78 is 41.3. The molecule has 0 saturated carbocycles. The minimum Gasteiger partial charge on any atom is -0.196 e. The van der Waals surface area contributed by atoms with Crippen LogP contribution in [0, 0.1) is 0 Å². The van der Waals surface area contributed by atoms with E-state index in [1.54, 1.807) is 27.7 Å². The van der Waals surface area contributed by atoms with Gasteiger partial charge in [-0.2, -0.15) is 19.8 Å². The second-order valence-electron chi connectivity index (χ2n) is 2.33. The van der Waals surface area contributed by atoms with Crippen LogP contribution in [-0.4, -0.2) is 35.8 Å². The van der Waals surface area contributed by atoms with E-state index in [4.69, 9.17) is 0 Å². The molecule has 0 bridgehead atoms. The summed E-state index contributed by atoms with van der Waals surface area (Å²) >= 11 is 0. The summed E-state index contributed by atoms with van der Waals surface area (Å²) in [5.41, 5.74) is -0.144. The standard InChI is InChI=1S/C2H7FOSi.3C2H5FO/c1-2(5)4-3;3*1-2-4-3/h2H,1,5H3;3*2H2,1H3. The van der Waals surface area contributed by atoms with E-state index < -0.39 is 0 Å². The van der Waals surface area contributed by atoms with Crippen molar-refractivity contribution in [2.75, 3.05) is 19.8 Å². The minimum atomic E-state index is -0.144. The Bertz CT molecular complexity index is 78.4. The molecule has 0 N–H and O–H groups in total. The van der Waals surface area contributed by atoms with Gasteiger partial charge in [0, 0.05) is 10.2 Å². The first-order valence-corrected chi connectivity index (χ1v) is 6.15. The van der Waals surface area contributed by atoms with Crippen LogP contribution in [0.4, 0.5) is 18.1 Å². The zero-order chi connectivity index (χ0) is 14.5. The molecule has 0 spiro atoms. The molecule has 110 valence electrons. The van der Waals surface area contributed by atoms with Crippen LogP contribution in [0.1, 0.15) is 27.7 Å². The van der Waals surface area contributed by atoms with Crippen LogP contribution in [-0.2, 0) is 19.8 Å². The lowest BCUT2D eigenvalue weighted by molar-refractivity contribution is -0.143. The molecule has 17 heavy (non-hydrogen) atoms. The molecule has 9 heteroatoms. The van der Waals surface area contributed by atoms with Crippen molar-refractivity contribution < 1.29 is 37.9 Å². The molecule has 0 rings (SSSR count). The second kappa shape index (κ2) is 36.0. The average Bonchev–Trinajstić information content (AvgIpc) is 2.39. The summed E-state index contributed by atoms with van der Waals surface area (Å²) in [5.74, 6) is 0. The molecule has 0 aliphatic carbocycles. The Hall–Kier alpha value is -0.223. The third-order valence-electron chi connectivity index (χ3n) is 0.506. The average molecular weight is 286 g/mol. The maximum absolute atomic E-state index is 10.7. The Morgan fingerprint density at radius 3 is 0.941 bits per heavy atom. The van der Waals surface area contributed by atoms with Crippen LogP contribution >= 0.6 is 0 Å². The Morgan fingerprint density at radius 2 is 0.941 bits per heavy atom. The normalized spacial score (nSPS) is 9.88. The van der Waals surface area contributed by atoms with Crippen LogP contribution < -0.4 is 0 Å². The summed E-state index contributed by atoms with van der Waals surface area (Å²) in [6, 6.07) is 0. The van der Waals surface area contributed by atoms with Crippen molar-refractivity contribution in [1.29, 1.82) is 0 Å². The molecule has 0 aromatic carbocycles. The molecule has 0 heterocycles. The SMILES string of the molecule is CC([SiH3])OF.CCOF.CCOF.CCOF. The lowest BCUT2D eigenvalue weighted by atomic mass is 10.9. The van der Waals surface area contributed by atoms with Crippen molar-refractivity contribution >= 4 is 10.2 Å². The van der Waals surface area contributed by atoms with Crippen molar-refractivity contribution in [3.05, 3.63) is 0 Å². The fourth-order valence-corrected chi connectivity index (χ4v) is 0. The molecule has 4 nitrogen and oxygen atoms in total. The number of hydrogen-bond donors (Lipinski definition) is 0. The van der Waals surface area contributed by atoms with E-state index in [2.05, 4.69) is 19.8 Å². The van der Waals surface area contributed by atoms with Crippen LogP contribution in [0.2, 0.25) is 0 Å². The molecule has 0 aliphatic heterocycles. The minimum absolute atomic E-state index is 0.144. The molecule has 1 unspecified atom stereocenters. The van der Waals surface area contributed by atoms with Gasteiger partial charge in [-0.1, -0.05) is 0 Å². The maximum Gasteiger partial charge on any atom is 0.0848 e. The number of hydrogen-bond acceptors (Lipinski definition) is 4. The van der Waals surface area contributed by atoms with E-state index >= 15 is 0 Å². The molecule has 0 radical (unpaired) electrons. The second-order valence-corrected chi connectivity index (χ2v) is 3.96. The molecular formula is C8H22F4O4Si. The summed E-state index contributed by atoms with van der Waals surface area (Å²) in [5, 5.41) is 0. The van der Waals surface area contributed by atoms with E-state index in [1.807, 2.05) is 0 Å². The van der Waals surface area contributed by atoms with Crippen LogP contribution in [0.3, 0.4) is 0 Å². The summed E-state index contributed by atoms with van der Waals surface area (Å²) in [6.45, 7) is 6.90. The van der Waals surface area contributed by atoms with Crippen molar-refractivity contribution in [3.8, 4) is 0 Å². The third kappa shape index (κ3) is 131. The highest BCUT2D eigenvalue weighted by molar-refractivity contribution is 6.10. The van der Waals surface area contributed by atoms with E-state index in [0.29, 0.717) is 0 Å². The quantitative estimate of drug-likeness (QED) is 0.587. The summed E-state index contributed by atoms with van der Waals surface area (Å²) in [4.78, 5) is 12.4. The first-order chi connectivity index (χ1) is 8.01.